The number of carbonyl (C=O) groups excluding carboxylic acids is 3. The number of carbonyl (C=O) groups is 4. The Balaban J connectivity index is 2.07. The molecule has 174 valence electrons. The molecule has 2 fully saturated rings. The van der Waals surface area contributed by atoms with Crippen molar-refractivity contribution >= 4 is 29.7 Å². The molecule has 0 aromatic carbocycles. The zero-order chi connectivity index (χ0) is 23.0. The van der Waals surface area contributed by atoms with E-state index in [9.17, 15) is 19.2 Å². The third-order valence-electron chi connectivity index (χ3n) is 5.50. The molecule has 2 aliphatic heterocycles. The van der Waals surface area contributed by atoms with Gasteiger partial charge in [0, 0.05) is 13.1 Å². The van der Waals surface area contributed by atoms with Crippen molar-refractivity contribution in [2.45, 2.75) is 69.6 Å². The first-order valence-corrected chi connectivity index (χ1v) is 10.6. The van der Waals surface area contributed by atoms with E-state index in [1.165, 1.54) is 11.8 Å². The Hall–Kier alpha value is -2.89. The van der Waals surface area contributed by atoms with Crippen LogP contribution < -0.4 is 27.4 Å². The lowest BCUT2D eigenvalue weighted by Crippen LogP contribution is -2.56. The topological polar surface area (TPSA) is 192 Å². The Bertz CT molecular complexity index is 704. The number of likely N-dealkylation sites (tertiary alicyclic amines) is 1. The standard InChI is InChI=1S/C19H33N7O5/c1-11(18(30)31)24-16(28)14-7-4-10-26(14)17(29)13(6-3-9-23-19(20)21)25-15(27)12-5-2-8-22-12/h11-14,22H,2-10H2,1H3,(H,24,28)(H,25,27)(H,30,31)(H4,20,21,23). The molecule has 2 rings (SSSR count). The SMILES string of the molecule is CC(NC(=O)C1CCCN1C(=O)C(CCCN=C(N)N)NC(=O)C1CCCN1)C(=O)O. The number of carboxylic acids is 1. The monoisotopic (exact) mass is 439 g/mol. The summed E-state index contributed by atoms with van der Waals surface area (Å²) < 4.78 is 0. The molecule has 12 heteroatoms. The second-order valence-electron chi connectivity index (χ2n) is 7.92. The van der Waals surface area contributed by atoms with Gasteiger partial charge in [0.25, 0.3) is 0 Å². The van der Waals surface area contributed by atoms with Crippen LogP contribution >= 0.6 is 0 Å². The van der Waals surface area contributed by atoms with Crippen LogP contribution in [0.4, 0.5) is 0 Å². The third-order valence-corrected chi connectivity index (χ3v) is 5.50. The Morgan fingerprint density at radius 3 is 2.52 bits per heavy atom. The minimum atomic E-state index is -1.15. The second-order valence-corrected chi connectivity index (χ2v) is 7.92. The molecule has 2 saturated heterocycles. The van der Waals surface area contributed by atoms with E-state index in [0.29, 0.717) is 45.2 Å². The van der Waals surface area contributed by atoms with E-state index in [0.717, 1.165) is 13.0 Å². The summed E-state index contributed by atoms with van der Waals surface area (Å²) >= 11 is 0. The third kappa shape index (κ3) is 7.09. The normalized spacial score (nSPS) is 22.4. The second kappa shape index (κ2) is 11.5. The fraction of sp³-hybridized carbons (Fsp3) is 0.737. The van der Waals surface area contributed by atoms with Gasteiger partial charge in [-0.1, -0.05) is 0 Å². The van der Waals surface area contributed by atoms with Crippen LogP contribution in [0.25, 0.3) is 0 Å². The van der Waals surface area contributed by atoms with Crippen molar-refractivity contribution in [3.8, 4) is 0 Å². The smallest absolute Gasteiger partial charge is 0.325 e. The fourth-order valence-electron chi connectivity index (χ4n) is 3.82. The number of nitrogens with two attached hydrogens (primary N) is 2. The predicted molar refractivity (Wildman–Crippen MR) is 113 cm³/mol. The Labute approximate surface area is 181 Å². The molecular weight excluding hydrogens is 406 g/mol. The molecule has 31 heavy (non-hydrogen) atoms. The van der Waals surface area contributed by atoms with Gasteiger partial charge in [-0.3, -0.25) is 24.2 Å². The van der Waals surface area contributed by atoms with Crippen molar-refractivity contribution in [3.05, 3.63) is 0 Å². The molecule has 2 heterocycles. The van der Waals surface area contributed by atoms with Gasteiger partial charge in [-0.05, 0) is 52.0 Å². The van der Waals surface area contributed by atoms with Gasteiger partial charge in [0.2, 0.25) is 17.7 Å². The van der Waals surface area contributed by atoms with Crippen LogP contribution in [0.5, 0.6) is 0 Å². The van der Waals surface area contributed by atoms with E-state index in [1.54, 1.807) is 0 Å². The minimum Gasteiger partial charge on any atom is -0.480 e. The maximum absolute atomic E-state index is 13.3. The van der Waals surface area contributed by atoms with Crippen molar-refractivity contribution < 1.29 is 24.3 Å². The maximum Gasteiger partial charge on any atom is 0.325 e. The number of aliphatic carboxylic acids is 1. The van der Waals surface area contributed by atoms with Crippen molar-refractivity contribution in [3.63, 3.8) is 0 Å². The molecule has 0 aliphatic carbocycles. The van der Waals surface area contributed by atoms with Crippen molar-refractivity contribution in [1.29, 1.82) is 0 Å². The lowest BCUT2D eigenvalue weighted by molar-refractivity contribution is -0.144. The number of nitrogens with one attached hydrogen (secondary N) is 3. The number of rotatable bonds is 10. The van der Waals surface area contributed by atoms with Crippen LogP contribution in [-0.2, 0) is 19.2 Å². The molecule has 0 saturated carbocycles. The molecule has 4 atom stereocenters. The van der Waals surface area contributed by atoms with Gasteiger partial charge in [0.15, 0.2) is 5.96 Å². The van der Waals surface area contributed by atoms with E-state index < -0.39 is 30.0 Å². The lowest BCUT2D eigenvalue weighted by atomic mass is 10.1. The van der Waals surface area contributed by atoms with Crippen molar-refractivity contribution in [2.75, 3.05) is 19.6 Å². The zero-order valence-corrected chi connectivity index (χ0v) is 17.8. The van der Waals surface area contributed by atoms with E-state index in [2.05, 4.69) is 20.9 Å². The largest absolute Gasteiger partial charge is 0.480 e. The summed E-state index contributed by atoms with van der Waals surface area (Å²) in [5.41, 5.74) is 10.7. The zero-order valence-electron chi connectivity index (χ0n) is 17.8. The average molecular weight is 440 g/mol. The number of guanidine groups is 1. The van der Waals surface area contributed by atoms with Crippen molar-refractivity contribution in [2.24, 2.45) is 16.5 Å². The molecule has 12 nitrogen and oxygen atoms in total. The molecule has 2 aliphatic rings. The number of carboxylic acid groups (broad SMARTS) is 1. The first-order chi connectivity index (χ1) is 14.7. The highest BCUT2D eigenvalue weighted by molar-refractivity contribution is 5.94. The quantitative estimate of drug-likeness (QED) is 0.126. The van der Waals surface area contributed by atoms with Gasteiger partial charge in [-0.25, -0.2) is 0 Å². The summed E-state index contributed by atoms with van der Waals surface area (Å²) in [7, 11) is 0. The highest BCUT2D eigenvalue weighted by Gasteiger charge is 2.38. The van der Waals surface area contributed by atoms with Crippen LogP contribution in [0, 0.1) is 0 Å². The number of hydrogen-bond donors (Lipinski definition) is 6. The van der Waals surface area contributed by atoms with Crippen LogP contribution in [0.1, 0.15) is 45.4 Å². The number of amides is 3. The van der Waals surface area contributed by atoms with Gasteiger partial charge in [-0.2, -0.15) is 0 Å². The van der Waals surface area contributed by atoms with E-state index >= 15 is 0 Å². The molecule has 0 radical (unpaired) electrons. The van der Waals surface area contributed by atoms with Crippen molar-refractivity contribution in [1.82, 2.24) is 20.9 Å². The van der Waals surface area contributed by atoms with E-state index in [1.807, 2.05) is 0 Å². The van der Waals surface area contributed by atoms with Gasteiger partial charge in [0.05, 0.1) is 6.04 Å². The van der Waals surface area contributed by atoms with Gasteiger partial charge in [0.1, 0.15) is 18.1 Å². The fourth-order valence-corrected chi connectivity index (χ4v) is 3.82. The summed E-state index contributed by atoms with van der Waals surface area (Å²) in [6.45, 7) is 2.78. The Kier molecular flexibility index (Phi) is 9.03. The number of nitrogens with zero attached hydrogens (tertiary/aromatic N) is 2. The molecule has 0 aromatic rings. The minimum absolute atomic E-state index is 0.0501. The first-order valence-electron chi connectivity index (χ1n) is 10.6. The molecule has 0 bridgehead atoms. The molecule has 0 aromatic heterocycles. The summed E-state index contributed by atoms with van der Waals surface area (Å²) in [5, 5.41) is 17.4. The highest BCUT2D eigenvalue weighted by atomic mass is 16.4. The molecule has 8 N–H and O–H groups in total. The average Bonchev–Trinajstić information content (AvgIpc) is 3.41. The maximum atomic E-state index is 13.3. The Morgan fingerprint density at radius 2 is 1.90 bits per heavy atom. The van der Waals surface area contributed by atoms with Crippen LogP contribution in [0.2, 0.25) is 0 Å². The van der Waals surface area contributed by atoms with Crippen LogP contribution in [-0.4, -0.2) is 83.5 Å². The highest BCUT2D eigenvalue weighted by Crippen LogP contribution is 2.20. The summed E-state index contributed by atoms with van der Waals surface area (Å²) in [6.07, 6.45) is 3.41. The van der Waals surface area contributed by atoms with E-state index in [-0.39, 0.29) is 23.8 Å². The van der Waals surface area contributed by atoms with E-state index in [4.69, 9.17) is 16.6 Å². The van der Waals surface area contributed by atoms with Gasteiger partial charge < -0.3 is 37.4 Å². The summed E-state index contributed by atoms with van der Waals surface area (Å²) in [6, 6.07) is -3.00. The van der Waals surface area contributed by atoms with Gasteiger partial charge in [-0.15, -0.1) is 0 Å². The lowest BCUT2D eigenvalue weighted by Gasteiger charge is -2.29. The van der Waals surface area contributed by atoms with Crippen LogP contribution in [0.3, 0.4) is 0 Å². The Morgan fingerprint density at radius 1 is 1.16 bits per heavy atom. The van der Waals surface area contributed by atoms with Crippen LogP contribution in [0.15, 0.2) is 4.99 Å². The molecule has 0 spiro atoms. The molecule has 4 unspecified atom stereocenters. The van der Waals surface area contributed by atoms with Gasteiger partial charge >= 0.3 is 5.97 Å². The predicted octanol–water partition coefficient (Wildman–Crippen LogP) is -2.14. The molecule has 3 amide bonds. The number of hydrogen-bond acceptors (Lipinski definition) is 6. The summed E-state index contributed by atoms with van der Waals surface area (Å²) in [5.74, 6) is -2.33. The first kappa shape index (κ1) is 24.4. The summed E-state index contributed by atoms with van der Waals surface area (Å²) in [4.78, 5) is 54.8. The molecular formula is C19H33N7O5. The number of aliphatic imine (C=N–C) groups is 1.